The molecule has 0 atom stereocenters. The minimum absolute atomic E-state index is 0.0212. The lowest BCUT2D eigenvalue weighted by Crippen LogP contribution is -2.38. The standard InChI is InChI=1S/C34H48N4O2/c1-33(2)25-39-31(21-15-27-11-17-29(18-12-27)35(5)6)37(33)23-9-10-24-38-32(40-26-34(38,3)4)22-16-28-13-19-30(20-14-28)36(7)8/h11-22H,9-10,23-26H2,1-8H3/q+2. The Bertz CT molecular complexity index is 1180. The summed E-state index contributed by atoms with van der Waals surface area (Å²) < 4.78 is 17.1. The van der Waals surface area contributed by atoms with Crippen molar-refractivity contribution in [3.05, 3.63) is 71.8 Å². The lowest BCUT2D eigenvalue weighted by Gasteiger charge is -2.15. The number of benzene rings is 2. The molecule has 214 valence electrons. The fourth-order valence-corrected chi connectivity index (χ4v) is 5.15. The molecule has 2 aromatic rings. The van der Waals surface area contributed by atoms with E-state index in [0.29, 0.717) is 13.2 Å². The first kappa shape index (κ1) is 29.4. The van der Waals surface area contributed by atoms with E-state index in [2.05, 4.69) is 148 Å². The van der Waals surface area contributed by atoms with Crippen LogP contribution in [0, 0.1) is 0 Å². The van der Waals surface area contributed by atoms with Crippen LogP contribution >= 0.6 is 0 Å². The van der Waals surface area contributed by atoms with Gasteiger partial charge in [-0.1, -0.05) is 24.3 Å². The second-order valence-corrected chi connectivity index (χ2v) is 12.5. The zero-order chi connectivity index (χ0) is 28.9. The SMILES string of the molecule is CN(C)c1ccc(/C=C/C2=[N+](CCCC[N+]3=C(/C=C/c4ccc(N(C)C)cc4)OCC3(C)C)C(C)(C)CO2)cc1. The predicted molar refractivity (Wildman–Crippen MR) is 169 cm³/mol. The van der Waals surface area contributed by atoms with Gasteiger partial charge in [0.15, 0.2) is 24.3 Å². The van der Waals surface area contributed by atoms with Crippen molar-refractivity contribution in [2.75, 3.05) is 64.3 Å². The molecule has 0 N–H and O–H groups in total. The van der Waals surface area contributed by atoms with Gasteiger partial charge in [0.2, 0.25) is 0 Å². The fourth-order valence-electron chi connectivity index (χ4n) is 5.15. The highest BCUT2D eigenvalue weighted by Gasteiger charge is 2.42. The van der Waals surface area contributed by atoms with E-state index in [1.54, 1.807) is 0 Å². The van der Waals surface area contributed by atoms with Crippen LogP contribution in [0.15, 0.2) is 60.7 Å². The molecule has 0 spiro atoms. The molecule has 0 amide bonds. The Kier molecular flexibility index (Phi) is 9.07. The normalized spacial score (nSPS) is 18.1. The maximum absolute atomic E-state index is 6.14. The Labute approximate surface area is 241 Å². The van der Waals surface area contributed by atoms with Crippen molar-refractivity contribution in [3.8, 4) is 0 Å². The van der Waals surface area contributed by atoms with E-state index in [-0.39, 0.29) is 11.1 Å². The molecule has 2 heterocycles. The molecular weight excluding hydrogens is 496 g/mol. The van der Waals surface area contributed by atoms with Gasteiger partial charge in [0.25, 0.3) is 0 Å². The molecule has 0 bridgehead atoms. The van der Waals surface area contributed by atoms with Gasteiger partial charge in [0.05, 0.1) is 12.2 Å². The number of nitrogens with zero attached hydrogens (tertiary/aromatic N) is 4. The van der Waals surface area contributed by atoms with Crippen LogP contribution in [0.1, 0.15) is 51.7 Å². The third-order valence-corrected chi connectivity index (χ3v) is 7.81. The molecule has 0 fully saturated rings. The molecule has 0 saturated heterocycles. The van der Waals surface area contributed by atoms with Crippen LogP contribution in [-0.4, -0.2) is 86.5 Å². The van der Waals surface area contributed by atoms with Crippen molar-refractivity contribution < 1.29 is 18.6 Å². The van der Waals surface area contributed by atoms with Crippen molar-refractivity contribution in [1.82, 2.24) is 0 Å². The summed E-state index contributed by atoms with van der Waals surface area (Å²) in [4.78, 5) is 4.23. The Hall–Kier alpha value is -3.54. The van der Waals surface area contributed by atoms with Crippen LogP contribution in [0.2, 0.25) is 0 Å². The highest BCUT2D eigenvalue weighted by molar-refractivity contribution is 5.89. The molecule has 0 saturated carbocycles. The molecule has 4 rings (SSSR count). The molecule has 40 heavy (non-hydrogen) atoms. The third-order valence-electron chi connectivity index (χ3n) is 7.81. The second kappa shape index (κ2) is 12.3. The maximum Gasteiger partial charge on any atom is 0.363 e. The van der Waals surface area contributed by atoms with Crippen molar-refractivity contribution in [3.63, 3.8) is 0 Å². The second-order valence-electron chi connectivity index (χ2n) is 12.5. The van der Waals surface area contributed by atoms with Gasteiger partial charge in [-0.05, 0) is 47.5 Å². The van der Waals surface area contributed by atoms with E-state index < -0.39 is 0 Å². The topological polar surface area (TPSA) is 31.0 Å². The molecule has 2 aliphatic heterocycles. The molecule has 2 aromatic carbocycles. The summed E-state index contributed by atoms with van der Waals surface area (Å²) in [6, 6.07) is 17.2. The van der Waals surface area contributed by atoms with Crippen molar-refractivity contribution in [1.29, 1.82) is 0 Å². The maximum atomic E-state index is 6.14. The minimum atomic E-state index is -0.0212. The smallest absolute Gasteiger partial charge is 0.363 e. The van der Waals surface area contributed by atoms with Gasteiger partial charge in [-0.2, -0.15) is 9.15 Å². The molecule has 6 nitrogen and oxygen atoms in total. The summed E-state index contributed by atoms with van der Waals surface area (Å²) in [6.45, 7) is 12.4. The van der Waals surface area contributed by atoms with Crippen LogP contribution < -0.4 is 9.80 Å². The van der Waals surface area contributed by atoms with E-state index in [0.717, 1.165) is 37.7 Å². The van der Waals surface area contributed by atoms with E-state index in [9.17, 15) is 0 Å². The van der Waals surface area contributed by atoms with Crippen molar-refractivity contribution in [2.24, 2.45) is 0 Å². The highest BCUT2D eigenvalue weighted by Crippen LogP contribution is 2.22. The van der Waals surface area contributed by atoms with Crippen LogP contribution in [-0.2, 0) is 9.47 Å². The Morgan fingerprint density at radius 3 is 1.27 bits per heavy atom. The van der Waals surface area contributed by atoms with Crippen LogP contribution in [0.3, 0.4) is 0 Å². The number of hydrogen-bond acceptors (Lipinski definition) is 4. The Morgan fingerprint density at radius 1 is 0.600 bits per heavy atom. The summed E-state index contributed by atoms with van der Waals surface area (Å²) in [7, 11) is 8.24. The van der Waals surface area contributed by atoms with Gasteiger partial charge in [0.1, 0.15) is 13.1 Å². The summed E-state index contributed by atoms with van der Waals surface area (Å²) in [5.41, 5.74) is 4.70. The number of anilines is 2. The van der Waals surface area contributed by atoms with E-state index in [4.69, 9.17) is 9.47 Å². The first-order valence-corrected chi connectivity index (χ1v) is 14.4. The van der Waals surface area contributed by atoms with Crippen molar-refractivity contribution >= 4 is 35.3 Å². The summed E-state index contributed by atoms with van der Waals surface area (Å²) in [5.74, 6) is 1.92. The first-order valence-electron chi connectivity index (χ1n) is 14.4. The summed E-state index contributed by atoms with van der Waals surface area (Å²) in [5, 5.41) is 0. The van der Waals surface area contributed by atoms with Gasteiger partial charge in [-0.25, -0.2) is 0 Å². The average Bonchev–Trinajstić information content (AvgIpc) is 3.37. The van der Waals surface area contributed by atoms with Crippen molar-refractivity contribution in [2.45, 2.75) is 51.6 Å². The minimum Gasteiger partial charge on any atom is -0.437 e. The number of rotatable bonds is 11. The number of hydrogen-bond donors (Lipinski definition) is 0. The molecule has 0 unspecified atom stereocenters. The van der Waals surface area contributed by atoms with Gasteiger partial charge >= 0.3 is 11.8 Å². The van der Waals surface area contributed by atoms with E-state index in [1.165, 1.54) is 22.5 Å². The molecular formula is C34H48N4O2+2. The highest BCUT2D eigenvalue weighted by atomic mass is 16.5. The summed E-state index contributed by atoms with van der Waals surface area (Å²) >= 11 is 0. The van der Waals surface area contributed by atoms with Gasteiger partial charge in [-0.3, -0.25) is 0 Å². The molecule has 2 aliphatic rings. The zero-order valence-electron chi connectivity index (χ0n) is 25.8. The largest absolute Gasteiger partial charge is 0.437 e. The predicted octanol–water partition coefficient (Wildman–Crippen LogP) is 5.77. The lowest BCUT2D eigenvalue weighted by atomic mass is 10.1. The van der Waals surface area contributed by atoms with E-state index in [1.807, 2.05) is 0 Å². The Balaban J connectivity index is 1.40. The molecule has 0 aliphatic carbocycles. The fraction of sp³-hybridized carbons (Fsp3) is 0.471. The van der Waals surface area contributed by atoms with Gasteiger partial charge in [-0.15, -0.1) is 0 Å². The monoisotopic (exact) mass is 544 g/mol. The van der Waals surface area contributed by atoms with Crippen LogP contribution in [0.25, 0.3) is 12.2 Å². The Morgan fingerprint density at radius 2 is 0.950 bits per heavy atom. The van der Waals surface area contributed by atoms with Crippen LogP contribution in [0.5, 0.6) is 0 Å². The number of ether oxygens (including phenoxy) is 2. The van der Waals surface area contributed by atoms with Crippen LogP contribution in [0.4, 0.5) is 11.4 Å². The van der Waals surface area contributed by atoms with Gasteiger partial charge < -0.3 is 19.3 Å². The molecule has 0 aromatic heterocycles. The first-order chi connectivity index (χ1) is 19.0. The molecule has 0 radical (unpaired) electrons. The summed E-state index contributed by atoms with van der Waals surface area (Å²) in [6.07, 6.45) is 10.7. The quantitative estimate of drug-likeness (QED) is 0.266. The average molecular weight is 545 g/mol. The number of unbranched alkanes of at least 4 members (excludes halogenated alkanes) is 1. The van der Waals surface area contributed by atoms with E-state index >= 15 is 0 Å². The molecule has 6 heteroatoms. The zero-order valence-corrected chi connectivity index (χ0v) is 25.8. The lowest BCUT2D eigenvalue weighted by molar-refractivity contribution is -0.599. The van der Waals surface area contributed by atoms with Gasteiger partial charge in [0, 0.05) is 80.1 Å². The third kappa shape index (κ3) is 7.15.